The summed E-state index contributed by atoms with van der Waals surface area (Å²) in [4.78, 5) is 31.5. The van der Waals surface area contributed by atoms with Crippen molar-refractivity contribution >= 4 is 11.7 Å². The van der Waals surface area contributed by atoms with E-state index in [1.807, 2.05) is 6.92 Å². The van der Waals surface area contributed by atoms with Gasteiger partial charge in [-0.3, -0.25) is 9.59 Å². The van der Waals surface area contributed by atoms with Crippen LogP contribution in [0.5, 0.6) is 0 Å². The third-order valence-electron chi connectivity index (χ3n) is 7.72. The number of aliphatic hydroxyl groups excluding tert-OH is 1. The minimum Gasteiger partial charge on any atom is -0.394 e. The molecule has 1 saturated heterocycles. The number of ether oxygens (including phenoxy) is 1. The number of halogens is 3. The predicted octanol–water partition coefficient (Wildman–Crippen LogP) is 4.91. The zero-order valence-corrected chi connectivity index (χ0v) is 30.7. The van der Waals surface area contributed by atoms with Crippen LogP contribution in [0.4, 0.5) is 19.0 Å². The molecule has 3 N–H and O–H groups in total. The fourth-order valence-electron chi connectivity index (χ4n) is 5.09. The van der Waals surface area contributed by atoms with Crippen LogP contribution >= 0.6 is 0 Å². The number of carbonyl (C=O) groups excluding carboxylic acids is 1. The van der Waals surface area contributed by atoms with E-state index in [0.717, 1.165) is 23.3 Å². The zero-order chi connectivity index (χ0) is 32.9. The van der Waals surface area contributed by atoms with Gasteiger partial charge in [-0.15, -0.1) is 11.6 Å². The summed E-state index contributed by atoms with van der Waals surface area (Å²) < 4.78 is 49.4. The van der Waals surface area contributed by atoms with Gasteiger partial charge in [0.15, 0.2) is 0 Å². The summed E-state index contributed by atoms with van der Waals surface area (Å²) in [5, 5.41) is 17.2. The summed E-state index contributed by atoms with van der Waals surface area (Å²) in [6.07, 6.45) is 5.17. The summed E-state index contributed by atoms with van der Waals surface area (Å²) in [5.74, 6) is -4.29. The maximum atomic E-state index is 15.5. The number of hydrogen-bond donors (Lipinski definition) is 3. The smallest absolute Gasteiger partial charge is 0.394 e. The van der Waals surface area contributed by atoms with Crippen LogP contribution < -0.4 is 16.2 Å². The van der Waals surface area contributed by atoms with Crippen LogP contribution in [0, 0.1) is 50.1 Å². The predicted molar refractivity (Wildman–Crippen MR) is 165 cm³/mol. The van der Waals surface area contributed by atoms with Crippen molar-refractivity contribution in [3.05, 3.63) is 88.1 Å². The maximum Gasteiger partial charge on any atom is 2.00 e. The van der Waals surface area contributed by atoms with Crippen LogP contribution in [0.25, 0.3) is 11.1 Å². The molecule has 3 aromatic rings. The van der Waals surface area contributed by atoms with Crippen LogP contribution in [0.15, 0.2) is 41.3 Å². The Bertz CT molecular complexity index is 1560. The zero-order valence-electron chi connectivity index (χ0n) is 26.5. The average molecular weight is 866 g/mol. The number of carbonyl (C=O) groups is 1. The number of pyridine rings is 2. The van der Waals surface area contributed by atoms with Gasteiger partial charge in [0.25, 0.3) is 17.4 Å². The van der Waals surface area contributed by atoms with Gasteiger partial charge in [0.05, 0.1) is 24.8 Å². The van der Waals surface area contributed by atoms with Crippen LogP contribution in [0.2, 0.25) is 0 Å². The SMILES string of the molecule is CCc1cc(F)c(-c2c[c-]nc(NC(O)c3cc(CNC[C@H](C)OC)cn(C4CC4)c3=O)c2)c(C(=O)N2CC(F)(F)C2)c1.[CH2-]C.[U+2]. The molecule has 46 heavy (non-hydrogen) atoms. The second kappa shape index (κ2) is 16.4. The Hall–Kier alpha value is -2.69. The topological polar surface area (TPSA) is 109 Å². The van der Waals surface area contributed by atoms with Gasteiger partial charge in [-0.2, -0.15) is 13.0 Å². The van der Waals surface area contributed by atoms with E-state index in [1.54, 1.807) is 37.8 Å². The number of hydrogen-bond acceptors (Lipinski definition) is 7. The molecule has 9 nitrogen and oxygen atoms in total. The monoisotopic (exact) mass is 865 g/mol. The van der Waals surface area contributed by atoms with Crippen molar-refractivity contribution in [3.63, 3.8) is 0 Å². The van der Waals surface area contributed by atoms with Gasteiger partial charge in [-0.1, -0.05) is 13.1 Å². The fourth-order valence-corrected chi connectivity index (χ4v) is 5.09. The second-order valence-corrected chi connectivity index (χ2v) is 11.2. The number of aromatic nitrogens is 2. The summed E-state index contributed by atoms with van der Waals surface area (Å²) in [5.41, 5.74) is 1.21. The first-order valence-corrected chi connectivity index (χ1v) is 15.0. The van der Waals surface area contributed by atoms with Gasteiger partial charge in [-0.05, 0) is 61.1 Å². The first-order chi connectivity index (χ1) is 21.5. The van der Waals surface area contributed by atoms with Crippen molar-refractivity contribution in [1.82, 2.24) is 19.8 Å². The molecule has 1 aromatic carbocycles. The number of alkyl halides is 2. The van der Waals surface area contributed by atoms with E-state index in [0.29, 0.717) is 25.1 Å². The van der Waals surface area contributed by atoms with Crippen molar-refractivity contribution in [2.45, 2.75) is 70.9 Å². The van der Waals surface area contributed by atoms with E-state index in [1.165, 1.54) is 24.3 Å². The summed E-state index contributed by atoms with van der Waals surface area (Å²) in [6, 6.07) is 7.29. The van der Waals surface area contributed by atoms with Gasteiger partial charge in [0.2, 0.25) is 0 Å². The number of benzene rings is 1. The molecular formula is C33H40F3N5O4U. The maximum absolute atomic E-state index is 15.5. The van der Waals surface area contributed by atoms with Crippen molar-refractivity contribution < 1.29 is 58.9 Å². The molecule has 1 unspecified atom stereocenters. The molecule has 0 bridgehead atoms. The number of nitrogens with one attached hydrogen (secondary N) is 2. The minimum atomic E-state index is -2.97. The molecule has 2 aromatic heterocycles. The Balaban J connectivity index is 0.00000188. The minimum absolute atomic E-state index is 0. The summed E-state index contributed by atoms with van der Waals surface area (Å²) in [6.45, 7) is 8.32. The molecule has 0 radical (unpaired) electrons. The van der Waals surface area contributed by atoms with E-state index in [9.17, 15) is 23.5 Å². The molecule has 13 heteroatoms. The molecule has 2 fully saturated rings. The van der Waals surface area contributed by atoms with Crippen molar-refractivity contribution in [2.75, 3.05) is 32.1 Å². The normalized spacial score (nSPS) is 16.3. The van der Waals surface area contributed by atoms with Crippen LogP contribution in [0.3, 0.4) is 0 Å². The van der Waals surface area contributed by atoms with Crippen LogP contribution in [-0.2, 0) is 17.7 Å². The first-order valence-electron chi connectivity index (χ1n) is 15.0. The quantitative estimate of drug-likeness (QED) is 0.176. The molecule has 1 amide bonds. The number of likely N-dealkylation sites (tertiary alicyclic amines) is 1. The number of aryl methyl sites for hydroxylation is 1. The van der Waals surface area contributed by atoms with E-state index in [4.69, 9.17) is 4.74 Å². The molecule has 1 saturated carbocycles. The van der Waals surface area contributed by atoms with Gasteiger partial charge in [0.1, 0.15) is 12.0 Å². The number of methoxy groups -OCH3 is 1. The Morgan fingerprint density at radius 2 is 1.91 bits per heavy atom. The summed E-state index contributed by atoms with van der Waals surface area (Å²) >= 11 is 0. The first kappa shape index (κ1) is 37.8. The number of anilines is 1. The van der Waals surface area contributed by atoms with E-state index < -0.39 is 37.0 Å². The standard InChI is InChI=1S/C31H35F3N5O4.C2H5.U/c1-4-19-9-23(29(41)38-16-31(33,34)17-38)27(25(32)11-19)21-7-8-36-26(12-21)37-28(40)24-10-20(14-35-13-18(2)43-3)15-39(30(24)42)22-5-6-22;1-2;/h7,9-12,15,18,22,28,35,40H,4-6,13-14,16-17H2,1-3H3,(H,36,37);1H2,2H3;/q2*-1;+2/t18-,28?;;/m0../s1. The third-order valence-corrected chi connectivity index (χ3v) is 7.72. The number of aliphatic hydroxyl groups is 1. The molecular weight excluding hydrogens is 825 g/mol. The summed E-state index contributed by atoms with van der Waals surface area (Å²) in [7, 11) is 1.63. The van der Waals surface area contributed by atoms with Gasteiger partial charge in [0, 0.05) is 43.8 Å². The Morgan fingerprint density at radius 3 is 2.52 bits per heavy atom. The Kier molecular flexibility index (Phi) is 13.5. The van der Waals surface area contributed by atoms with Crippen molar-refractivity contribution in [3.8, 4) is 11.1 Å². The molecule has 246 valence electrons. The van der Waals surface area contributed by atoms with Gasteiger partial charge < -0.3 is 41.9 Å². The van der Waals surface area contributed by atoms with E-state index >= 15 is 4.39 Å². The van der Waals surface area contributed by atoms with Crippen molar-refractivity contribution in [1.29, 1.82) is 0 Å². The molecule has 1 aliphatic heterocycles. The van der Waals surface area contributed by atoms with Gasteiger partial charge >= 0.3 is 31.1 Å². The molecule has 2 aliphatic rings. The van der Waals surface area contributed by atoms with Crippen LogP contribution in [-0.4, -0.2) is 64.2 Å². The van der Waals surface area contributed by atoms with Crippen LogP contribution in [0.1, 0.15) is 72.9 Å². The number of rotatable bonds is 12. The number of amides is 1. The molecule has 0 spiro atoms. The largest absolute Gasteiger partial charge is 2.00 e. The molecule has 1 aliphatic carbocycles. The Labute approximate surface area is 291 Å². The fraction of sp³-hybridized carbons (Fsp3) is 0.455. The second-order valence-electron chi connectivity index (χ2n) is 11.2. The third kappa shape index (κ3) is 9.01. The molecule has 3 heterocycles. The van der Waals surface area contributed by atoms with E-state index in [-0.39, 0.29) is 76.9 Å². The molecule has 2 atom stereocenters. The van der Waals surface area contributed by atoms with Gasteiger partial charge in [-0.25, -0.2) is 13.2 Å². The Morgan fingerprint density at radius 1 is 1.22 bits per heavy atom. The van der Waals surface area contributed by atoms with E-state index in [2.05, 4.69) is 28.7 Å². The number of nitrogens with zero attached hydrogens (tertiary/aromatic N) is 3. The van der Waals surface area contributed by atoms with Crippen molar-refractivity contribution in [2.24, 2.45) is 0 Å². The molecule has 5 rings (SSSR count). The average Bonchev–Trinajstić information content (AvgIpc) is 3.86.